The van der Waals surface area contributed by atoms with E-state index in [0.29, 0.717) is 6.07 Å². The Morgan fingerprint density at radius 1 is 1.56 bits per heavy atom. The minimum atomic E-state index is -1.30. The molecule has 100 valence electrons. The third-order valence-electron chi connectivity index (χ3n) is 2.45. The van der Waals surface area contributed by atoms with Gasteiger partial charge in [0.05, 0.1) is 12.7 Å². The number of phenols is 1. The zero-order valence-corrected chi connectivity index (χ0v) is 9.61. The second-order valence-corrected chi connectivity index (χ2v) is 3.68. The van der Waals surface area contributed by atoms with Crippen molar-refractivity contribution in [1.82, 2.24) is 0 Å². The topological polar surface area (TPSA) is 92.8 Å². The van der Waals surface area contributed by atoms with Crippen molar-refractivity contribution in [3.8, 4) is 11.5 Å². The Labute approximate surface area is 102 Å². The summed E-state index contributed by atoms with van der Waals surface area (Å²) in [7, 11) is 1.18. The van der Waals surface area contributed by atoms with Gasteiger partial charge in [-0.2, -0.15) is 0 Å². The molecule has 1 rings (SSSR count). The van der Waals surface area contributed by atoms with Crippen LogP contribution in [0.1, 0.15) is 24.4 Å². The molecule has 1 aromatic carbocycles. The van der Waals surface area contributed by atoms with Gasteiger partial charge in [0.1, 0.15) is 0 Å². The van der Waals surface area contributed by atoms with Crippen LogP contribution < -0.4 is 10.5 Å². The summed E-state index contributed by atoms with van der Waals surface area (Å²) in [5.74, 6) is -4.51. The number of phenolic OH excluding ortho intramolecular Hbond substituents is 1. The van der Waals surface area contributed by atoms with Crippen molar-refractivity contribution in [1.29, 1.82) is 0 Å². The van der Waals surface area contributed by atoms with E-state index in [2.05, 4.69) is 4.74 Å². The number of aliphatic carboxylic acids is 1. The predicted octanol–water partition coefficient (Wildman–Crippen LogP) is 1.54. The smallest absolute Gasteiger partial charge is 0.303 e. The van der Waals surface area contributed by atoms with Gasteiger partial charge in [0.25, 0.3) is 0 Å². The Bertz CT molecular complexity index is 465. The monoisotopic (exact) mass is 261 g/mol. The highest BCUT2D eigenvalue weighted by atomic mass is 19.2. The minimum Gasteiger partial charge on any atom is -0.504 e. The number of carbonyl (C=O) groups is 1. The third-order valence-corrected chi connectivity index (χ3v) is 2.45. The summed E-state index contributed by atoms with van der Waals surface area (Å²) in [5, 5.41) is 18.2. The molecule has 0 bridgehead atoms. The van der Waals surface area contributed by atoms with Gasteiger partial charge in [0, 0.05) is 18.5 Å². The molecule has 1 aromatic rings. The number of hydrogen-bond acceptors (Lipinski definition) is 4. The maximum Gasteiger partial charge on any atom is 0.303 e. The maximum atomic E-state index is 13.5. The molecule has 0 aliphatic heterocycles. The second-order valence-electron chi connectivity index (χ2n) is 3.68. The fourth-order valence-electron chi connectivity index (χ4n) is 1.53. The molecule has 7 heteroatoms. The van der Waals surface area contributed by atoms with Crippen LogP contribution in [0.4, 0.5) is 8.78 Å². The van der Waals surface area contributed by atoms with Crippen molar-refractivity contribution in [3.63, 3.8) is 0 Å². The molecule has 1 atom stereocenters. The lowest BCUT2D eigenvalue weighted by Gasteiger charge is -2.16. The van der Waals surface area contributed by atoms with Crippen LogP contribution in [0.2, 0.25) is 0 Å². The number of aromatic hydroxyl groups is 1. The fourth-order valence-corrected chi connectivity index (χ4v) is 1.53. The lowest BCUT2D eigenvalue weighted by molar-refractivity contribution is -0.137. The van der Waals surface area contributed by atoms with Crippen LogP contribution in [0, 0.1) is 11.6 Å². The molecule has 1 unspecified atom stereocenters. The summed E-state index contributed by atoms with van der Waals surface area (Å²) >= 11 is 0. The zero-order valence-electron chi connectivity index (χ0n) is 9.61. The van der Waals surface area contributed by atoms with E-state index < -0.39 is 35.0 Å². The number of carboxylic acids is 1. The van der Waals surface area contributed by atoms with Crippen molar-refractivity contribution in [2.24, 2.45) is 5.73 Å². The van der Waals surface area contributed by atoms with E-state index in [1.165, 1.54) is 7.11 Å². The molecule has 0 saturated heterocycles. The first kappa shape index (κ1) is 14.2. The molecule has 0 aliphatic carbocycles. The van der Waals surface area contributed by atoms with Gasteiger partial charge in [-0.3, -0.25) is 4.79 Å². The Morgan fingerprint density at radius 3 is 2.67 bits per heavy atom. The molecule has 0 spiro atoms. The van der Waals surface area contributed by atoms with Crippen molar-refractivity contribution in [2.45, 2.75) is 18.9 Å². The van der Waals surface area contributed by atoms with Crippen molar-refractivity contribution in [3.05, 3.63) is 23.3 Å². The highest BCUT2D eigenvalue weighted by Gasteiger charge is 2.24. The summed E-state index contributed by atoms with van der Waals surface area (Å²) in [6.45, 7) is 0. The van der Waals surface area contributed by atoms with E-state index in [1.807, 2.05) is 0 Å². The van der Waals surface area contributed by atoms with Crippen LogP contribution in [0.25, 0.3) is 0 Å². The Kier molecular flexibility index (Phi) is 4.43. The molecule has 5 nitrogen and oxygen atoms in total. The highest BCUT2D eigenvalue weighted by molar-refractivity contribution is 5.66. The zero-order chi connectivity index (χ0) is 13.9. The molecule has 0 fully saturated rings. The average Bonchev–Trinajstić information content (AvgIpc) is 2.31. The van der Waals surface area contributed by atoms with E-state index >= 15 is 0 Å². The van der Waals surface area contributed by atoms with Gasteiger partial charge >= 0.3 is 5.97 Å². The number of nitrogens with two attached hydrogens (primary N) is 1. The van der Waals surface area contributed by atoms with Crippen molar-refractivity contribution < 1.29 is 28.5 Å². The molecular formula is C11H13F2NO4. The van der Waals surface area contributed by atoms with Gasteiger partial charge in [-0.15, -0.1) is 0 Å². The number of hydrogen-bond donors (Lipinski definition) is 3. The van der Waals surface area contributed by atoms with Gasteiger partial charge in [0.15, 0.2) is 23.1 Å². The van der Waals surface area contributed by atoms with Crippen molar-refractivity contribution in [2.75, 3.05) is 7.11 Å². The second kappa shape index (κ2) is 5.63. The first-order valence-electron chi connectivity index (χ1n) is 5.10. The molecule has 0 radical (unpaired) electrons. The number of benzene rings is 1. The predicted molar refractivity (Wildman–Crippen MR) is 58.4 cm³/mol. The summed E-state index contributed by atoms with van der Waals surface area (Å²) in [4.78, 5) is 10.4. The van der Waals surface area contributed by atoms with E-state index in [9.17, 15) is 18.7 Å². The van der Waals surface area contributed by atoms with E-state index in [1.54, 1.807) is 0 Å². The first-order chi connectivity index (χ1) is 8.38. The molecule has 0 heterocycles. The quantitative estimate of drug-likeness (QED) is 0.747. The van der Waals surface area contributed by atoms with Crippen LogP contribution in [-0.2, 0) is 4.79 Å². The number of halogens is 2. The standard InChI is InChI=1S/C11H13F2NO4/c1-18-7-4-5(12)10(13)9(11(7)17)6(14)2-3-8(15)16/h4,6,17H,2-3,14H2,1H3,(H,15,16). The van der Waals surface area contributed by atoms with Gasteiger partial charge in [-0.05, 0) is 6.42 Å². The SMILES string of the molecule is COc1cc(F)c(F)c(C(N)CCC(=O)O)c1O. The van der Waals surface area contributed by atoms with Crippen molar-refractivity contribution >= 4 is 5.97 Å². The number of carboxylic acid groups (broad SMARTS) is 1. The summed E-state index contributed by atoms with van der Waals surface area (Å²) < 4.78 is 31.4. The van der Waals surface area contributed by atoms with E-state index in [0.717, 1.165) is 0 Å². The molecule has 0 saturated carbocycles. The normalized spacial score (nSPS) is 12.2. The summed E-state index contributed by atoms with van der Waals surface area (Å²) in [6, 6.07) is -0.441. The van der Waals surface area contributed by atoms with Crippen LogP contribution in [0.15, 0.2) is 6.07 Å². The number of ether oxygens (including phenoxy) is 1. The highest BCUT2D eigenvalue weighted by Crippen LogP contribution is 2.37. The van der Waals surface area contributed by atoms with Crippen LogP contribution >= 0.6 is 0 Å². The Morgan fingerprint density at radius 2 is 2.17 bits per heavy atom. The number of rotatable bonds is 5. The van der Waals surface area contributed by atoms with E-state index in [-0.39, 0.29) is 18.6 Å². The number of methoxy groups -OCH3 is 1. The molecule has 0 amide bonds. The first-order valence-corrected chi connectivity index (χ1v) is 5.10. The Hall–Kier alpha value is -1.89. The lowest BCUT2D eigenvalue weighted by atomic mass is 10.0. The minimum absolute atomic E-state index is 0.133. The largest absolute Gasteiger partial charge is 0.504 e. The molecule has 18 heavy (non-hydrogen) atoms. The van der Waals surface area contributed by atoms with E-state index in [4.69, 9.17) is 10.8 Å². The molecule has 0 aliphatic rings. The average molecular weight is 261 g/mol. The lowest BCUT2D eigenvalue weighted by Crippen LogP contribution is -2.15. The van der Waals surface area contributed by atoms with Crippen LogP contribution in [0.5, 0.6) is 11.5 Å². The van der Waals surface area contributed by atoms with Crippen LogP contribution in [0.3, 0.4) is 0 Å². The van der Waals surface area contributed by atoms with Gasteiger partial charge < -0.3 is 20.7 Å². The van der Waals surface area contributed by atoms with Gasteiger partial charge in [-0.1, -0.05) is 0 Å². The molecule has 4 N–H and O–H groups in total. The van der Waals surface area contributed by atoms with Gasteiger partial charge in [-0.25, -0.2) is 8.78 Å². The molecule has 0 aromatic heterocycles. The summed E-state index contributed by atoms with van der Waals surface area (Å²) in [6.07, 6.45) is -0.453. The van der Waals surface area contributed by atoms with Gasteiger partial charge in [0.2, 0.25) is 0 Å². The third kappa shape index (κ3) is 2.86. The fraction of sp³-hybridized carbons (Fsp3) is 0.364. The molecular weight excluding hydrogens is 248 g/mol. The Balaban J connectivity index is 3.13. The van der Waals surface area contributed by atoms with Crippen LogP contribution in [-0.4, -0.2) is 23.3 Å². The maximum absolute atomic E-state index is 13.5. The summed E-state index contributed by atoms with van der Waals surface area (Å²) in [5.41, 5.74) is 5.07.